The van der Waals surface area contributed by atoms with Gasteiger partial charge in [-0.25, -0.2) is 4.98 Å². The average Bonchev–Trinajstić information content (AvgIpc) is 3.10. The number of carbonyl (C=O) groups is 1. The van der Waals surface area contributed by atoms with Crippen molar-refractivity contribution in [3.05, 3.63) is 34.4 Å². The monoisotopic (exact) mass is 383 g/mol. The average molecular weight is 383 g/mol. The predicted octanol–water partition coefficient (Wildman–Crippen LogP) is 3.34. The molecule has 2 heterocycles. The van der Waals surface area contributed by atoms with Crippen LogP contribution in [0.15, 0.2) is 23.0 Å². The number of ether oxygens (including phenoxy) is 1. The van der Waals surface area contributed by atoms with Crippen LogP contribution in [0.4, 0.5) is 0 Å². The fourth-order valence-electron chi connectivity index (χ4n) is 4.33. The number of aromatic nitrogens is 2. The molecule has 1 aliphatic heterocycles. The summed E-state index contributed by atoms with van der Waals surface area (Å²) >= 11 is 0. The number of nitrogens with one attached hydrogen (secondary N) is 1. The first kappa shape index (κ1) is 19.0. The summed E-state index contributed by atoms with van der Waals surface area (Å²) in [7, 11) is 0. The number of aryl methyl sites for hydroxylation is 1. The maximum absolute atomic E-state index is 12.9. The fraction of sp³-hybridized carbons (Fsp3) is 0.591. The number of amides is 1. The van der Waals surface area contributed by atoms with Gasteiger partial charge in [-0.3, -0.25) is 14.2 Å². The molecule has 0 radical (unpaired) electrons. The molecule has 4 rings (SSSR count). The minimum atomic E-state index is -0.0937. The summed E-state index contributed by atoms with van der Waals surface area (Å²) in [4.78, 5) is 29.8. The number of rotatable bonds is 4. The van der Waals surface area contributed by atoms with Gasteiger partial charge in [0, 0.05) is 19.0 Å². The van der Waals surface area contributed by atoms with Crippen LogP contribution in [0.5, 0.6) is 5.75 Å². The second-order valence-corrected chi connectivity index (χ2v) is 8.02. The van der Waals surface area contributed by atoms with E-state index in [0.717, 1.165) is 50.9 Å². The smallest absolute Gasteiger partial charge is 0.261 e. The number of hydrogen-bond acceptors (Lipinski definition) is 4. The van der Waals surface area contributed by atoms with Crippen molar-refractivity contribution in [2.24, 2.45) is 0 Å². The van der Waals surface area contributed by atoms with Crippen molar-refractivity contribution >= 4 is 16.8 Å². The zero-order valence-electron chi connectivity index (χ0n) is 16.4. The fourth-order valence-corrected chi connectivity index (χ4v) is 4.33. The Balaban J connectivity index is 1.45. The van der Waals surface area contributed by atoms with E-state index in [2.05, 4.69) is 10.3 Å². The third-order valence-electron chi connectivity index (χ3n) is 5.88. The molecule has 6 nitrogen and oxygen atoms in total. The lowest BCUT2D eigenvalue weighted by molar-refractivity contribution is -0.123. The van der Waals surface area contributed by atoms with Crippen LogP contribution in [0.3, 0.4) is 0 Å². The van der Waals surface area contributed by atoms with E-state index in [-0.39, 0.29) is 24.1 Å². The Morgan fingerprint density at radius 2 is 1.89 bits per heavy atom. The highest BCUT2D eigenvalue weighted by Gasteiger charge is 2.16. The highest BCUT2D eigenvalue weighted by Crippen LogP contribution is 2.20. The Labute approximate surface area is 165 Å². The molecule has 0 bridgehead atoms. The van der Waals surface area contributed by atoms with Crippen molar-refractivity contribution in [3.63, 3.8) is 0 Å². The number of benzene rings is 1. The Kier molecular flexibility index (Phi) is 5.93. The maximum Gasteiger partial charge on any atom is 0.261 e. The molecule has 2 aliphatic rings. The van der Waals surface area contributed by atoms with Crippen molar-refractivity contribution in [2.75, 3.05) is 6.61 Å². The van der Waals surface area contributed by atoms with E-state index >= 15 is 0 Å². The Morgan fingerprint density at radius 3 is 2.71 bits per heavy atom. The van der Waals surface area contributed by atoms with Gasteiger partial charge in [-0.1, -0.05) is 32.1 Å². The molecule has 6 heteroatoms. The van der Waals surface area contributed by atoms with Gasteiger partial charge in [0.25, 0.3) is 11.5 Å². The van der Waals surface area contributed by atoms with Crippen LogP contribution in [0, 0.1) is 0 Å². The molecule has 0 spiro atoms. The quantitative estimate of drug-likeness (QED) is 0.822. The van der Waals surface area contributed by atoms with Gasteiger partial charge in [-0.05, 0) is 43.9 Å². The predicted molar refractivity (Wildman–Crippen MR) is 109 cm³/mol. The summed E-state index contributed by atoms with van der Waals surface area (Å²) in [5, 5.41) is 3.65. The van der Waals surface area contributed by atoms with Crippen LogP contribution >= 0.6 is 0 Å². The number of nitrogens with zero attached hydrogens (tertiary/aromatic N) is 2. The highest BCUT2D eigenvalue weighted by molar-refractivity contribution is 5.80. The van der Waals surface area contributed by atoms with Gasteiger partial charge in [0.2, 0.25) is 0 Å². The molecule has 1 saturated carbocycles. The van der Waals surface area contributed by atoms with E-state index in [1.165, 1.54) is 25.7 Å². The molecule has 150 valence electrons. The third kappa shape index (κ3) is 4.37. The summed E-state index contributed by atoms with van der Waals surface area (Å²) in [5.74, 6) is 1.33. The van der Waals surface area contributed by atoms with Crippen LogP contribution in [-0.4, -0.2) is 28.1 Å². The molecule has 1 amide bonds. The molecule has 2 aromatic rings. The molecular weight excluding hydrogens is 354 g/mol. The zero-order chi connectivity index (χ0) is 19.3. The van der Waals surface area contributed by atoms with Crippen molar-refractivity contribution in [2.45, 2.75) is 76.8 Å². The topological polar surface area (TPSA) is 73.2 Å². The summed E-state index contributed by atoms with van der Waals surface area (Å²) in [6.45, 7) is 0.702. The lowest BCUT2D eigenvalue weighted by Gasteiger charge is -2.16. The van der Waals surface area contributed by atoms with Gasteiger partial charge in [0.05, 0.1) is 10.9 Å². The summed E-state index contributed by atoms with van der Waals surface area (Å²) < 4.78 is 7.49. The zero-order valence-corrected chi connectivity index (χ0v) is 16.4. The van der Waals surface area contributed by atoms with Crippen LogP contribution in [0.1, 0.15) is 63.6 Å². The van der Waals surface area contributed by atoms with E-state index in [0.29, 0.717) is 16.7 Å². The van der Waals surface area contributed by atoms with E-state index in [9.17, 15) is 9.59 Å². The first-order chi connectivity index (χ1) is 13.7. The van der Waals surface area contributed by atoms with Crippen LogP contribution in [0.25, 0.3) is 10.9 Å². The van der Waals surface area contributed by atoms with E-state index in [4.69, 9.17) is 4.74 Å². The Bertz CT molecular complexity index is 898. The van der Waals surface area contributed by atoms with Crippen LogP contribution in [-0.2, 0) is 17.8 Å². The molecule has 1 N–H and O–H groups in total. The Morgan fingerprint density at radius 1 is 1.11 bits per heavy atom. The van der Waals surface area contributed by atoms with Crippen molar-refractivity contribution in [3.8, 4) is 5.75 Å². The number of hydrogen-bond donors (Lipinski definition) is 1. The summed E-state index contributed by atoms with van der Waals surface area (Å²) in [5.41, 5.74) is 0.698. The van der Waals surface area contributed by atoms with Crippen molar-refractivity contribution in [1.82, 2.24) is 14.9 Å². The molecule has 28 heavy (non-hydrogen) atoms. The lowest BCUT2D eigenvalue weighted by Crippen LogP contribution is -2.37. The minimum absolute atomic E-state index is 0.00439. The molecular formula is C22H29N3O3. The highest BCUT2D eigenvalue weighted by atomic mass is 16.5. The Hall–Kier alpha value is -2.37. The van der Waals surface area contributed by atoms with E-state index in [1.54, 1.807) is 16.7 Å². The molecule has 1 aromatic heterocycles. The molecule has 1 aromatic carbocycles. The first-order valence-corrected chi connectivity index (χ1v) is 10.7. The molecule has 0 unspecified atom stereocenters. The molecule has 1 aliphatic carbocycles. The number of fused-ring (bicyclic) bond motifs is 2. The summed E-state index contributed by atoms with van der Waals surface area (Å²) in [6, 6.07) is 5.60. The van der Waals surface area contributed by atoms with Crippen LogP contribution < -0.4 is 15.6 Å². The largest absolute Gasteiger partial charge is 0.484 e. The standard InChI is InChI=1S/C22H29N3O3/c26-21(23-16-8-4-1-2-5-9-16)15-28-17-11-12-19-18(14-17)22(27)25-13-7-3-6-10-20(25)24-19/h11-12,14,16H,1-10,13,15H2,(H,23,26). The third-order valence-corrected chi connectivity index (χ3v) is 5.88. The number of carbonyl (C=O) groups excluding carboxylic acids is 1. The first-order valence-electron chi connectivity index (χ1n) is 10.7. The lowest BCUT2D eigenvalue weighted by atomic mass is 10.1. The second kappa shape index (κ2) is 8.76. The van der Waals surface area contributed by atoms with Gasteiger partial charge >= 0.3 is 0 Å². The van der Waals surface area contributed by atoms with Gasteiger partial charge < -0.3 is 10.1 Å². The van der Waals surface area contributed by atoms with E-state index < -0.39 is 0 Å². The summed E-state index contributed by atoms with van der Waals surface area (Å²) in [6.07, 6.45) is 11.0. The minimum Gasteiger partial charge on any atom is -0.484 e. The SMILES string of the molecule is O=C(COc1ccc2nc3n(c(=O)c2c1)CCCCC3)NC1CCCCCC1. The second-order valence-electron chi connectivity index (χ2n) is 8.02. The van der Waals surface area contributed by atoms with Gasteiger partial charge in [-0.2, -0.15) is 0 Å². The van der Waals surface area contributed by atoms with Gasteiger partial charge in [-0.15, -0.1) is 0 Å². The van der Waals surface area contributed by atoms with E-state index in [1.807, 2.05) is 6.07 Å². The normalized spacial score (nSPS) is 18.1. The van der Waals surface area contributed by atoms with Gasteiger partial charge in [0.1, 0.15) is 11.6 Å². The maximum atomic E-state index is 12.9. The van der Waals surface area contributed by atoms with Crippen molar-refractivity contribution < 1.29 is 9.53 Å². The molecule has 0 saturated heterocycles. The van der Waals surface area contributed by atoms with Gasteiger partial charge in [0.15, 0.2) is 6.61 Å². The van der Waals surface area contributed by atoms with Crippen LogP contribution in [0.2, 0.25) is 0 Å². The van der Waals surface area contributed by atoms with Crippen molar-refractivity contribution in [1.29, 1.82) is 0 Å². The molecule has 0 atom stereocenters. The molecule has 1 fully saturated rings.